The number of para-hydroxylation sites is 1. The number of fused-ring (bicyclic) bond motifs is 3. The molecule has 0 atom stereocenters. The summed E-state index contributed by atoms with van der Waals surface area (Å²) in [6.45, 7) is 0.278. The quantitative estimate of drug-likeness (QED) is 0.405. The van der Waals surface area contributed by atoms with Crippen molar-refractivity contribution in [2.24, 2.45) is 0 Å². The highest BCUT2D eigenvalue weighted by molar-refractivity contribution is 6.35. The molecule has 0 unspecified atom stereocenters. The molecule has 8 nitrogen and oxygen atoms in total. The van der Waals surface area contributed by atoms with Crippen LogP contribution in [0.15, 0.2) is 58.2 Å². The number of halogens is 1. The normalized spacial score (nSPS) is 14.7. The highest BCUT2D eigenvalue weighted by Gasteiger charge is 2.26. The van der Waals surface area contributed by atoms with Crippen molar-refractivity contribution in [2.75, 3.05) is 0 Å². The molecule has 9 heteroatoms. The van der Waals surface area contributed by atoms with Crippen molar-refractivity contribution in [1.29, 1.82) is 0 Å². The summed E-state index contributed by atoms with van der Waals surface area (Å²) < 4.78 is 8.93. The van der Waals surface area contributed by atoms with Gasteiger partial charge in [-0.1, -0.05) is 41.7 Å². The molecule has 1 aliphatic carbocycles. The van der Waals surface area contributed by atoms with E-state index in [-0.39, 0.29) is 18.0 Å². The third kappa shape index (κ3) is 3.02. The van der Waals surface area contributed by atoms with Crippen LogP contribution in [0.4, 0.5) is 0 Å². The van der Waals surface area contributed by atoms with Gasteiger partial charge in [-0.15, -0.1) is 0 Å². The largest absolute Gasteiger partial charge is 0.339 e. The molecule has 1 aromatic carbocycles. The lowest BCUT2D eigenvalue weighted by molar-refractivity contribution is 0.354. The van der Waals surface area contributed by atoms with E-state index in [1.54, 1.807) is 27.6 Å². The summed E-state index contributed by atoms with van der Waals surface area (Å²) in [5, 5.41) is 4.64. The van der Waals surface area contributed by atoms with Gasteiger partial charge in [-0.25, -0.2) is 4.98 Å². The van der Waals surface area contributed by atoms with Gasteiger partial charge in [-0.3, -0.25) is 18.7 Å². The van der Waals surface area contributed by atoms with E-state index in [2.05, 4.69) is 20.1 Å². The summed E-state index contributed by atoms with van der Waals surface area (Å²) >= 11 is 6.55. The van der Waals surface area contributed by atoms with E-state index in [4.69, 9.17) is 16.1 Å². The molecule has 1 fully saturated rings. The van der Waals surface area contributed by atoms with E-state index < -0.39 is 0 Å². The second kappa shape index (κ2) is 7.56. The number of hydrogen-bond donors (Lipinski definition) is 0. The van der Waals surface area contributed by atoms with Crippen molar-refractivity contribution in [3.05, 3.63) is 75.9 Å². The molecule has 0 amide bonds. The Morgan fingerprint density at radius 2 is 1.94 bits per heavy atom. The molecule has 32 heavy (non-hydrogen) atoms. The Hall–Kier alpha value is -3.52. The van der Waals surface area contributed by atoms with Crippen LogP contribution in [-0.4, -0.2) is 29.1 Å². The minimum Gasteiger partial charge on any atom is -0.339 e. The molecule has 160 valence electrons. The van der Waals surface area contributed by atoms with Crippen molar-refractivity contribution in [3.8, 4) is 11.5 Å². The fourth-order valence-electron chi connectivity index (χ4n) is 4.57. The molecule has 0 aliphatic heterocycles. The lowest BCUT2D eigenvalue weighted by atomic mass is 10.1. The molecule has 0 saturated heterocycles. The zero-order valence-electron chi connectivity index (χ0n) is 17.1. The fourth-order valence-corrected chi connectivity index (χ4v) is 4.84. The van der Waals surface area contributed by atoms with E-state index in [1.807, 2.05) is 30.3 Å². The van der Waals surface area contributed by atoms with Gasteiger partial charge in [0.1, 0.15) is 17.5 Å². The Kier molecular flexibility index (Phi) is 4.53. The van der Waals surface area contributed by atoms with Gasteiger partial charge in [0.25, 0.3) is 5.56 Å². The van der Waals surface area contributed by atoms with Crippen LogP contribution in [-0.2, 0) is 6.54 Å². The number of benzene rings is 1. The van der Waals surface area contributed by atoms with E-state index in [1.165, 1.54) is 12.8 Å². The molecule has 5 aromatic rings. The molecule has 4 heterocycles. The summed E-state index contributed by atoms with van der Waals surface area (Å²) in [6.07, 6.45) is 7.75. The van der Waals surface area contributed by atoms with Gasteiger partial charge in [0.2, 0.25) is 11.7 Å². The predicted octanol–water partition coefficient (Wildman–Crippen LogP) is 4.45. The summed E-state index contributed by atoms with van der Waals surface area (Å²) in [5.41, 5.74) is 2.69. The van der Waals surface area contributed by atoms with Gasteiger partial charge in [0, 0.05) is 12.1 Å². The van der Waals surface area contributed by atoms with E-state index in [9.17, 15) is 4.79 Å². The lowest BCUT2D eigenvalue weighted by Crippen LogP contribution is -2.24. The average molecular weight is 447 g/mol. The smallest absolute Gasteiger partial charge is 0.278 e. The number of imidazole rings is 1. The molecule has 1 saturated carbocycles. The lowest BCUT2D eigenvalue weighted by Gasteiger charge is -2.13. The summed E-state index contributed by atoms with van der Waals surface area (Å²) in [7, 11) is 0. The SMILES string of the molecule is O=c1c2c(-c3noc(C4CCCC4)n3)ncn2c2cccc(Cl)c2n1Cc1ccccn1. The first-order valence-electron chi connectivity index (χ1n) is 10.6. The molecule has 0 radical (unpaired) electrons. The second-order valence-corrected chi connectivity index (χ2v) is 8.48. The summed E-state index contributed by atoms with van der Waals surface area (Å²) in [6, 6.07) is 11.1. The minimum atomic E-state index is -0.240. The van der Waals surface area contributed by atoms with Crippen LogP contribution in [0.2, 0.25) is 5.02 Å². The van der Waals surface area contributed by atoms with Crippen molar-refractivity contribution in [2.45, 2.75) is 38.1 Å². The monoisotopic (exact) mass is 446 g/mol. The molecule has 1 aliphatic rings. The zero-order valence-corrected chi connectivity index (χ0v) is 17.9. The number of nitrogens with zero attached hydrogens (tertiary/aromatic N) is 6. The van der Waals surface area contributed by atoms with Crippen LogP contribution >= 0.6 is 11.6 Å². The average Bonchev–Trinajstić information content (AvgIpc) is 3.57. The fraction of sp³-hybridized carbons (Fsp3) is 0.261. The third-order valence-corrected chi connectivity index (χ3v) is 6.42. The first-order chi connectivity index (χ1) is 15.7. The Balaban J connectivity index is 1.58. The minimum absolute atomic E-state index is 0.240. The Bertz CT molecular complexity index is 1500. The third-order valence-electron chi connectivity index (χ3n) is 6.11. The highest BCUT2D eigenvalue weighted by Crippen LogP contribution is 2.34. The summed E-state index contributed by atoms with van der Waals surface area (Å²) in [4.78, 5) is 27.2. The van der Waals surface area contributed by atoms with Crippen molar-refractivity contribution in [3.63, 3.8) is 0 Å². The maximum absolute atomic E-state index is 13.7. The molecule has 0 bridgehead atoms. The number of hydrogen-bond acceptors (Lipinski definition) is 6. The van der Waals surface area contributed by atoms with Crippen molar-refractivity contribution < 1.29 is 4.52 Å². The summed E-state index contributed by atoms with van der Waals surface area (Å²) in [5.74, 6) is 1.24. The van der Waals surface area contributed by atoms with E-state index >= 15 is 0 Å². The Labute approximate surface area is 187 Å². The first kappa shape index (κ1) is 19.2. The topological polar surface area (TPSA) is 91.1 Å². The van der Waals surface area contributed by atoms with Crippen LogP contribution in [0, 0.1) is 0 Å². The number of rotatable bonds is 4. The van der Waals surface area contributed by atoms with Gasteiger partial charge >= 0.3 is 0 Å². The first-order valence-corrected chi connectivity index (χ1v) is 11.0. The van der Waals surface area contributed by atoms with E-state index in [0.29, 0.717) is 33.5 Å². The molecule has 0 N–H and O–H groups in total. The van der Waals surface area contributed by atoms with Crippen LogP contribution < -0.4 is 5.56 Å². The van der Waals surface area contributed by atoms with Gasteiger partial charge in [-0.05, 0) is 37.1 Å². The molecule has 6 rings (SSSR count). The highest BCUT2D eigenvalue weighted by atomic mass is 35.5. The standard InChI is InChI=1S/C23H19ClN6O2/c24-16-9-5-10-17-19(16)29(12-15-8-3-4-11-25-15)23(31)20-18(26-13-30(17)20)21-27-22(32-28-21)14-6-1-2-7-14/h3-5,8-11,13-14H,1-2,6-7,12H2. The van der Waals surface area contributed by atoms with Crippen LogP contribution in [0.5, 0.6) is 0 Å². The van der Waals surface area contributed by atoms with Crippen molar-refractivity contribution >= 4 is 28.2 Å². The molecule has 4 aromatic heterocycles. The maximum atomic E-state index is 13.7. The zero-order chi connectivity index (χ0) is 21.7. The van der Waals surface area contributed by atoms with Gasteiger partial charge in [0.05, 0.1) is 28.3 Å². The van der Waals surface area contributed by atoms with Gasteiger partial charge < -0.3 is 4.52 Å². The number of pyridine rings is 1. The molecular formula is C23H19ClN6O2. The maximum Gasteiger partial charge on any atom is 0.278 e. The second-order valence-electron chi connectivity index (χ2n) is 8.07. The Morgan fingerprint density at radius 3 is 2.75 bits per heavy atom. The Morgan fingerprint density at radius 1 is 1.06 bits per heavy atom. The molecule has 0 spiro atoms. The van der Waals surface area contributed by atoms with Crippen LogP contribution in [0.3, 0.4) is 0 Å². The van der Waals surface area contributed by atoms with E-state index in [0.717, 1.165) is 24.1 Å². The van der Waals surface area contributed by atoms with Crippen molar-refractivity contribution in [1.82, 2.24) is 29.1 Å². The van der Waals surface area contributed by atoms with Gasteiger partial charge in [-0.2, -0.15) is 4.98 Å². The van der Waals surface area contributed by atoms with Gasteiger partial charge in [0.15, 0.2) is 0 Å². The molecular weight excluding hydrogens is 428 g/mol. The van der Waals surface area contributed by atoms with Crippen LogP contribution in [0.25, 0.3) is 28.1 Å². The predicted molar refractivity (Wildman–Crippen MR) is 120 cm³/mol. The number of aromatic nitrogens is 6. The van der Waals surface area contributed by atoms with Crippen LogP contribution in [0.1, 0.15) is 43.2 Å².